The molecule has 0 atom stereocenters. The van der Waals surface area contributed by atoms with Gasteiger partial charge in [0.25, 0.3) is 0 Å². The zero-order valence-corrected chi connectivity index (χ0v) is 14.4. The summed E-state index contributed by atoms with van der Waals surface area (Å²) in [6, 6.07) is 5.76. The van der Waals surface area contributed by atoms with Crippen molar-refractivity contribution < 1.29 is 4.79 Å². The van der Waals surface area contributed by atoms with Crippen LogP contribution in [0.4, 0.5) is 5.69 Å². The maximum Gasteiger partial charge on any atom is 0.234 e. The summed E-state index contributed by atoms with van der Waals surface area (Å²) in [5.41, 5.74) is 0.804. The molecule has 0 unspecified atom stereocenters. The first kappa shape index (κ1) is 15.4. The van der Waals surface area contributed by atoms with Crippen LogP contribution in [0.15, 0.2) is 27.1 Å². The lowest BCUT2D eigenvalue weighted by Gasteiger charge is -2.21. The molecule has 1 aromatic carbocycles. The summed E-state index contributed by atoms with van der Waals surface area (Å²) in [6.45, 7) is 2.13. The quantitative estimate of drug-likeness (QED) is 0.800. The average Bonchev–Trinajstić information content (AvgIpc) is 2.42. The van der Waals surface area contributed by atoms with Crippen LogP contribution in [0.25, 0.3) is 0 Å². The van der Waals surface area contributed by atoms with E-state index in [1.165, 1.54) is 0 Å². The predicted molar refractivity (Wildman–Crippen MR) is 88.8 cm³/mol. The highest BCUT2D eigenvalue weighted by Crippen LogP contribution is 2.30. The number of carbonyl (C=O) groups excluding carboxylic acids is 1. The molecular weight excluding hydrogens is 392 g/mol. The van der Waals surface area contributed by atoms with Crippen molar-refractivity contribution in [3.63, 3.8) is 0 Å². The van der Waals surface area contributed by atoms with Crippen LogP contribution in [-0.4, -0.2) is 30.0 Å². The first-order valence-electron chi connectivity index (χ1n) is 6.23. The SMILES string of the molecule is O=C(CSC1CCNCC1)Nc1c(Br)cccc1Br. The van der Waals surface area contributed by atoms with E-state index in [0.717, 1.165) is 40.6 Å². The summed E-state index contributed by atoms with van der Waals surface area (Å²) in [4.78, 5) is 12.0. The normalized spacial score (nSPS) is 16.3. The zero-order chi connectivity index (χ0) is 13.7. The van der Waals surface area contributed by atoms with E-state index in [2.05, 4.69) is 42.5 Å². The van der Waals surface area contributed by atoms with Crippen molar-refractivity contribution in [1.82, 2.24) is 5.32 Å². The highest BCUT2D eigenvalue weighted by Gasteiger charge is 2.15. The molecule has 0 aromatic heterocycles. The van der Waals surface area contributed by atoms with Gasteiger partial charge in [0.1, 0.15) is 0 Å². The fourth-order valence-corrected chi connectivity index (χ4v) is 4.17. The number of nitrogens with one attached hydrogen (secondary N) is 2. The van der Waals surface area contributed by atoms with Crippen LogP contribution in [0.2, 0.25) is 0 Å². The van der Waals surface area contributed by atoms with E-state index in [-0.39, 0.29) is 5.91 Å². The van der Waals surface area contributed by atoms with Gasteiger partial charge in [-0.05, 0) is 69.9 Å². The summed E-state index contributed by atoms with van der Waals surface area (Å²) in [5.74, 6) is 0.564. The summed E-state index contributed by atoms with van der Waals surface area (Å²) in [5, 5.41) is 6.89. The van der Waals surface area contributed by atoms with Crippen molar-refractivity contribution in [2.24, 2.45) is 0 Å². The van der Waals surface area contributed by atoms with Crippen molar-refractivity contribution in [1.29, 1.82) is 0 Å². The van der Waals surface area contributed by atoms with E-state index >= 15 is 0 Å². The van der Waals surface area contributed by atoms with Crippen molar-refractivity contribution in [3.05, 3.63) is 27.1 Å². The van der Waals surface area contributed by atoms with E-state index in [0.29, 0.717) is 11.0 Å². The summed E-state index contributed by atoms with van der Waals surface area (Å²) in [6.07, 6.45) is 2.30. The Kier molecular flexibility index (Phi) is 6.19. The number of hydrogen-bond donors (Lipinski definition) is 2. The number of thioether (sulfide) groups is 1. The van der Waals surface area contributed by atoms with Crippen LogP contribution in [-0.2, 0) is 4.79 Å². The Balaban J connectivity index is 1.83. The lowest BCUT2D eigenvalue weighted by atomic mass is 10.2. The van der Waals surface area contributed by atoms with Gasteiger partial charge in [0, 0.05) is 14.2 Å². The molecule has 3 nitrogen and oxygen atoms in total. The molecule has 1 aliphatic rings. The average molecular weight is 408 g/mol. The Morgan fingerprint density at radius 2 is 1.95 bits per heavy atom. The Hall–Kier alpha value is -0.0400. The molecule has 2 rings (SSSR count). The number of rotatable bonds is 4. The number of carbonyl (C=O) groups is 1. The fourth-order valence-electron chi connectivity index (χ4n) is 1.95. The van der Waals surface area contributed by atoms with Crippen molar-refractivity contribution in [3.8, 4) is 0 Å². The van der Waals surface area contributed by atoms with E-state index < -0.39 is 0 Å². The Morgan fingerprint density at radius 3 is 2.58 bits per heavy atom. The third kappa shape index (κ3) is 4.77. The van der Waals surface area contributed by atoms with Gasteiger partial charge in [0.2, 0.25) is 5.91 Å². The number of halogens is 2. The second-order valence-electron chi connectivity index (χ2n) is 4.41. The van der Waals surface area contributed by atoms with Crippen LogP contribution in [0.5, 0.6) is 0 Å². The molecule has 1 aromatic rings. The van der Waals surface area contributed by atoms with E-state index in [4.69, 9.17) is 0 Å². The second-order valence-corrected chi connectivity index (χ2v) is 7.40. The van der Waals surface area contributed by atoms with Crippen molar-refractivity contribution in [2.75, 3.05) is 24.2 Å². The van der Waals surface area contributed by atoms with Crippen molar-refractivity contribution >= 4 is 55.2 Å². The third-order valence-electron chi connectivity index (χ3n) is 2.96. The monoisotopic (exact) mass is 406 g/mol. The molecule has 0 radical (unpaired) electrons. The molecule has 0 aliphatic carbocycles. The molecule has 1 heterocycles. The molecule has 104 valence electrons. The summed E-state index contributed by atoms with van der Waals surface area (Å²) in [7, 11) is 0. The molecule has 0 saturated carbocycles. The van der Waals surface area contributed by atoms with Crippen molar-refractivity contribution in [2.45, 2.75) is 18.1 Å². The van der Waals surface area contributed by atoms with Gasteiger partial charge in [0.05, 0.1) is 11.4 Å². The minimum atomic E-state index is 0.0520. The van der Waals surface area contributed by atoms with Crippen LogP contribution >= 0.6 is 43.6 Å². The van der Waals surface area contributed by atoms with Gasteiger partial charge < -0.3 is 10.6 Å². The van der Waals surface area contributed by atoms with Gasteiger partial charge in [-0.1, -0.05) is 6.07 Å². The van der Waals surface area contributed by atoms with Gasteiger partial charge >= 0.3 is 0 Å². The Bertz CT molecular complexity index is 430. The number of hydrogen-bond acceptors (Lipinski definition) is 3. The predicted octanol–water partition coefficient (Wildman–Crippen LogP) is 3.64. The molecule has 1 amide bonds. The van der Waals surface area contributed by atoms with Gasteiger partial charge in [-0.2, -0.15) is 0 Å². The lowest BCUT2D eigenvalue weighted by molar-refractivity contribution is -0.113. The molecule has 19 heavy (non-hydrogen) atoms. The molecule has 0 spiro atoms. The standard InChI is InChI=1S/C13H16Br2N2OS/c14-10-2-1-3-11(15)13(10)17-12(18)8-19-9-4-6-16-7-5-9/h1-3,9,16H,4-8H2,(H,17,18). The van der Waals surface area contributed by atoms with E-state index in [9.17, 15) is 4.79 Å². The number of amides is 1. The van der Waals surface area contributed by atoms with Gasteiger partial charge in [-0.3, -0.25) is 4.79 Å². The lowest BCUT2D eigenvalue weighted by Crippen LogP contribution is -2.30. The molecule has 1 aliphatic heterocycles. The number of benzene rings is 1. The van der Waals surface area contributed by atoms with Crippen LogP contribution in [0.3, 0.4) is 0 Å². The maximum atomic E-state index is 12.0. The Morgan fingerprint density at radius 1 is 1.32 bits per heavy atom. The molecule has 1 saturated heterocycles. The van der Waals surface area contributed by atoms with Crippen LogP contribution in [0, 0.1) is 0 Å². The minimum absolute atomic E-state index is 0.0520. The van der Waals surface area contributed by atoms with Gasteiger partial charge in [-0.25, -0.2) is 0 Å². The third-order valence-corrected chi connectivity index (χ3v) is 5.66. The van der Waals surface area contributed by atoms with Gasteiger partial charge in [-0.15, -0.1) is 11.8 Å². The molecular formula is C13H16Br2N2OS. The van der Waals surface area contributed by atoms with Gasteiger partial charge in [0.15, 0.2) is 0 Å². The highest BCUT2D eigenvalue weighted by molar-refractivity contribution is 9.11. The number of anilines is 1. The maximum absolute atomic E-state index is 12.0. The molecule has 6 heteroatoms. The number of para-hydroxylation sites is 1. The first-order chi connectivity index (χ1) is 9.16. The van der Waals surface area contributed by atoms with Crippen LogP contribution in [0.1, 0.15) is 12.8 Å². The highest BCUT2D eigenvalue weighted by atomic mass is 79.9. The fraction of sp³-hybridized carbons (Fsp3) is 0.462. The first-order valence-corrected chi connectivity index (χ1v) is 8.86. The minimum Gasteiger partial charge on any atom is -0.323 e. The summed E-state index contributed by atoms with van der Waals surface area (Å²) < 4.78 is 1.78. The Labute approximate surface area is 134 Å². The van der Waals surface area contributed by atoms with E-state index in [1.807, 2.05) is 18.2 Å². The second kappa shape index (κ2) is 7.67. The topological polar surface area (TPSA) is 41.1 Å². The largest absolute Gasteiger partial charge is 0.323 e. The smallest absolute Gasteiger partial charge is 0.234 e. The number of piperidine rings is 1. The van der Waals surface area contributed by atoms with Crippen LogP contribution < -0.4 is 10.6 Å². The summed E-state index contributed by atoms with van der Waals surface area (Å²) >= 11 is 8.64. The zero-order valence-electron chi connectivity index (χ0n) is 10.4. The molecule has 0 bridgehead atoms. The molecule has 2 N–H and O–H groups in total. The molecule has 1 fully saturated rings. The van der Waals surface area contributed by atoms with E-state index in [1.54, 1.807) is 11.8 Å².